The first kappa shape index (κ1) is 15.5. The van der Waals surface area contributed by atoms with E-state index in [0.717, 1.165) is 0 Å². The second kappa shape index (κ2) is 7.13. The van der Waals surface area contributed by atoms with Gasteiger partial charge in [-0.1, -0.05) is 0 Å². The lowest BCUT2D eigenvalue weighted by Gasteiger charge is -2.14. The van der Waals surface area contributed by atoms with Crippen LogP contribution in [0.4, 0.5) is 11.4 Å². The number of rotatable bonds is 6. The van der Waals surface area contributed by atoms with E-state index < -0.39 is 10.8 Å². The molecule has 0 aliphatic heterocycles. The van der Waals surface area contributed by atoms with Gasteiger partial charge in [0.15, 0.2) is 0 Å². The van der Waals surface area contributed by atoms with E-state index in [4.69, 9.17) is 5.73 Å². The van der Waals surface area contributed by atoms with E-state index >= 15 is 0 Å². The number of carbonyl (C=O) groups is 1. The van der Waals surface area contributed by atoms with Crippen LogP contribution in [0.2, 0.25) is 0 Å². The third-order valence-electron chi connectivity index (χ3n) is 2.80. The SMILES string of the molecule is CCNC(=O)c1ccc(N)c(NCC(C)S(C)=O)c1. The van der Waals surface area contributed by atoms with E-state index in [9.17, 15) is 9.00 Å². The molecule has 1 aromatic rings. The fourth-order valence-electron chi connectivity index (χ4n) is 1.48. The summed E-state index contributed by atoms with van der Waals surface area (Å²) in [5, 5.41) is 5.89. The molecule has 19 heavy (non-hydrogen) atoms. The van der Waals surface area contributed by atoms with Gasteiger partial charge in [-0.15, -0.1) is 0 Å². The maximum atomic E-state index is 11.7. The number of benzene rings is 1. The molecule has 1 amide bonds. The molecule has 4 N–H and O–H groups in total. The van der Waals surface area contributed by atoms with E-state index in [-0.39, 0.29) is 11.2 Å². The lowest BCUT2D eigenvalue weighted by Crippen LogP contribution is -2.24. The first-order valence-corrected chi connectivity index (χ1v) is 7.81. The highest BCUT2D eigenvalue weighted by Crippen LogP contribution is 2.20. The lowest BCUT2D eigenvalue weighted by molar-refractivity contribution is 0.0956. The van der Waals surface area contributed by atoms with Crippen LogP contribution in [0.3, 0.4) is 0 Å². The average Bonchev–Trinajstić information content (AvgIpc) is 2.37. The van der Waals surface area contributed by atoms with Gasteiger partial charge in [0.1, 0.15) is 0 Å². The van der Waals surface area contributed by atoms with Crippen LogP contribution in [0.1, 0.15) is 24.2 Å². The van der Waals surface area contributed by atoms with Gasteiger partial charge in [-0.2, -0.15) is 0 Å². The fourth-order valence-corrected chi connectivity index (χ4v) is 1.80. The van der Waals surface area contributed by atoms with Crippen molar-refractivity contribution in [1.29, 1.82) is 0 Å². The van der Waals surface area contributed by atoms with E-state index in [1.54, 1.807) is 24.5 Å². The number of nitrogens with two attached hydrogens (primary N) is 1. The van der Waals surface area contributed by atoms with E-state index in [1.165, 1.54) is 0 Å². The smallest absolute Gasteiger partial charge is 0.251 e. The van der Waals surface area contributed by atoms with Gasteiger partial charge in [-0.3, -0.25) is 9.00 Å². The van der Waals surface area contributed by atoms with Crippen molar-refractivity contribution in [3.05, 3.63) is 23.8 Å². The number of nitrogens with one attached hydrogen (secondary N) is 2. The van der Waals surface area contributed by atoms with E-state index in [2.05, 4.69) is 10.6 Å². The van der Waals surface area contributed by atoms with Crippen LogP contribution in [-0.2, 0) is 10.8 Å². The Morgan fingerprint density at radius 3 is 2.74 bits per heavy atom. The van der Waals surface area contributed by atoms with Crippen LogP contribution in [0.25, 0.3) is 0 Å². The minimum absolute atomic E-state index is 0.0209. The molecule has 0 radical (unpaired) electrons. The number of anilines is 2. The quantitative estimate of drug-likeness (QED) is 0.685. The number of carbonyl (C=O) groups excluding carboxylic acids is 1. The van der Waals surface area contributed by atoms with Crippen molar-refractivity contribution >= 4 is 28.1 Å². The van der Waals surface area contributed by atoms with Crippen LogP contribution in [-0.4, -0.2) is 34.7 Å². The van der Waals surface area contributed by atoms with Crippen LogP contribution in [0.5, 0.6) is 0 Å². The largest absolute Gasteiger partial charge is 0.397 e. The second-order valence-corrected chi connectivity index (χ2v) is 6.15. The Morgan fingerprint density at radius 1 is 1.47 bits per heavy atom. The monoisotopic (exact) mass is 283 g/mol. The molecule has 1 aromatic carbocycles. The Hall–Kier alpha value is -1.56. The summed E-state index contributed by atoms with van der Waals surface area (Å²) in [6, 6.07) is 5.10. The van der Waals surface area contributed by atoms with Gasteiger partial charge in [0, 0.05) is 41.0 Å². The van der Waals surface area contributed by atoms with Crippen LogP contribution in [0, 0.1) is 0 Å². The molecule has 2 unspecified atom stereocenters. The van der Waals surface area contributed by atoms with Crippen molar-refractivity contribution in [2.45, 2.75) is 19.1 Å². The Labute approximate surface area is 116 Å². The van der Waals surface area contributed by atoms with Crippen molar-refractivity contribution in [3.63, 3.8) is 0 Å². The van der Waals surface area contributed by atoms with Crippen molar-refractivity contribution in [2.24, 2.45) is 0 Å². The number of hydrogen-bond acceptors (Lipinski definition) is 4. The Bertz CT molecular complexity index is 477. The first-order chi connectivity index (χ1) is 8.95. The zero-order valence-electron chi connectivity index (χ0n) is 11.5. The lowest BCUT2D eigenvalue weighted by atomic mass is 10.1. The molecule has 2 atom stereocenters. The molecule has 1 rings (SSSR count). The van der Waals surface area contributed by atoms with Crippen molar-refractivity contribution in [1.82, 2.24) is 5.32 Å². The normalized spacial score (nSPS) is 13.6. The molecule has 106 valence electrons. The van der Waals surface area contributed by atoms with Crippen LogP contribution >= 0.6 is 0 Å². The van der Waals surface area contributed by atoms with Gasteiger partial charge in [0.2, 0.25) is 0 Å². The van der Waals surface area contributed by atoms with Gasteiger partial charge in [-0.25, -0.2) is 0 Å². The zero-order chi connectivity index (χ0) is 14.4. The number of nitrogen functional groups attached to an aromatic ring is 1. The molecule has 0 aliphatic rings. The molecule has 0 saturated carbocycles. The molecule has 0 saturated heterocycles. The Kier molecular flexibility index (Phi) is 5.82. The maximum absolute atomic E-state index is 11.7. The highest BCUT2D eigenvalue weighted by atomic mass is 32.2. The third kappa shape index (κ3) is 4.55. The summed E-state index contributed by atoms with van der Waals surface area (Å²) in [5.74, 6) is -0.127. The zero-order valence-corrected chi connectivity index (χ0v) is 12.3. The molecule has 0 fully saturated rings. The van der Waals surface area contributed by atoms with Gasteiger partial charge in [0.05, 0.1) is 11.4 Å². The van der Waals surface area contributed by atoms with Gasteiger partial charge in [0.25, 0.3) is 5.91 Å². The summed E-state index contributed by atoms with van der Waals surface area (Å²) >= 11 is 0. The predicted molar refractivity (Wildman–Crippen MR) is 80.9 cm³/mol. The second-order valence-electron chi connectivity index (χ2n) is 4.35. The summed E-state index contributed by atoms with van der Waals surface area (Å²) in [6.45, 7) is 4.89. The molecule has 0 heterocycles. The molecule has 0 aliphatic carbocycles. The van der Waals surface area contributed by atoms with Crippen molar-refractivity contribution in [3.8, 4) is 0 Å². The summed E-state index contributed by atoms with van der Waals surface area (Å²) in [6.07, 6.45) is 1.67. The van der Waals surface area contributed by atoms with Gasteiger partial charge >= 0.3 is 0 Å². The maximum Gasteiger partial charge on any atom is 0.251 e. The van der Waals surface area contributed by atoms with Crippen molar-refractivity contribution < 1.29 is 9.00 Å². The third-order valence-corrected chi connectivity index (χ3v) is 4.10. The molecule has 5 nitrogen and oxygen atoms in total. The minimum Gasteiger partial charge on any atom is -0.397 e. The standard InChI is InChI=1S/C13H21N3O2S/c1-4-15-13(17)10-5-6-11(14)12(7-10)16-8-9(2)19(3)18/h5-7,9,16H,4,8,14H2,1-3H3,(H,15,17). The molecule has 0 aromatic heterocycles. The summed E-state index contributed by atoms with van der Waals surface area (Å²) < 4.78 is 11.3. The summed E-state index contributed by atoms with van der Waals surface area (Å²) in [4.78, 5) is 11.7. The van der Waals surface area contributed by atoms with Crippen molar-refractivity contribution in [2.75, 3.05) is 30.4 Å². The number of amides is 1. The van der Waals surface area contributed by atoms with Crippen LogP contribution in [0.15, 0.2) is 18.2 Å². The number of hydrogen-bond donors (Lipinski definition) is 3. The fraction of sp³-hybridized carbons (Fsp3) is 0.462. The predicted octanol–water partition coefficient (Wildman–Crippen LogP) is 1.20. The Balaban J connectivity index is 2.80. The first-order valence-electron chi connectivity index (χ1n) is 6.19. The van der Waals surface area contributed by atoms with E-state index in [0.29, 0.717) is 30.0 Å². The van der Waals surface area contributed by atoms with Crippen LogP contribution < -0.4 is 16.4 Å². The Morgan fingerprint density at radius 2 is 2.16 bits per heavy atom. The minimum atomic E-state index is -0.890. The topological polar surface area (TPSA) is 84.2 Å². The van der Waals surface area contributed by atoms with Gasteiger partial charge < -0.3 is 16.4 Å². The summed E-state index contributed by atoms with van der Waals surface area (Å²) in [7, 11) is -0.890. The van der Waals surface area contributed by atoms with Gasteiger partial charge in [-0.05, 0) is 32.0 Å². The molecular weight excluding hydrogens is 262 g/mol. The average molecular weight is 283 g/mol. The van der Waals surface area contributed by atoms with E-state index in [1.807, 2.05) is 13.8 Å². The molecular formula is C13H21N3O2S. The molecule has 6 heteroatoms. The molecule has 0 spiro atoms. The highest BCUT2D eigenvalue weighted by Gasteiger charge is 2.10. The molecule has 0 bridgehead atoms. The highest BCUT2D eigenvalue weighted by molar-refractivity contribution is 7.84. The summed E-state index contributed by atoms with van der Waals surface area (Å²) in [5.41, 5.74) is 7.68.